The number of amides is 2. The maximum absolute atomic E-state index is 13.2. The Hall–Kier alpha value is -3.61. The van der Waals surface area contributed by atoms with Crippen molar-refractivity contribution in [2.75, 3.05) is 25.6 Å². The summed E-state index contributed by atoms with van der Waals surface area (Å²) in [5, 5.41) is 10.3. The van der Waals surface area contributed by atoms with Gasteiger partial charge in [0, 0.05) is 43.9 Å². The molecule has 3 aromatic heterocycles. The number of hydrogen-bond donors (Lipinski definition) is 2. The van der Waals surface area contributed by atoms with E-state index in [4.69, 9.17) is 9.47 Å². The molecule has 10 nitrogen and oxygen atoms in total. The Balaban J connectivity index is 1.16. The third-order valence-corrected chi connectivity index (χ3v) is 7.93. The van der Waals surface area contributed by atoms with Crippen LogP contribution in [0.5, 0.6) is 5.88 Å². The second kappa shape index (κ2) is 7.94. The summed E-state index contributed by atoms with van der Waals surface area (Å²) in [6.45, 7) is 1.18. The Bertz CT molecular complexity index is 1440. The van der Waals surface area contributed by atoms with E-state index in [2.05, 4.69) is 20.5 Å². The lowest BCUT2D eigenvalue weighted by Gasteiger charge is -2.73. The van der Waals surface area contributed by atoms with Crippen molar-refractivity contribution in [2.24, 2.45) is 7.05 Å². The fraction of sp³-hybridized carbons (Fsp3) is 0.500. The first-order chi connectivity index (χ1) is 17.5. The smallest absolute Gasteiger partial charge is 0.417 e. The minimum Gasteiger partial charge on any atom is -0.470 e. The van der Waals surface area contributed by atoms with E-state index in [0.717, 1.165) is 21.9 Å². The molecule has 0 aromatic carbocycles. The highest BCUT2D eigenvalue weighted by atomic mass is 19.4. The number of carbonyl (C=O) groups is 1. The van der Waals surface area contributed by atoms with Crippen LogP contribution >= 0.6 is 0 Å². The zero-order valence-electron chi connectivity index (χ0n) is 20.2. The molecule has 37 heavy (non-hydrogen) atoms. The molecule has 3 aliphatic carbocycles. The second-order valence-electron chi connectivity index (χ2n) is 10.3. The highest BCUT2D eigenvalue weighted by Crippen LogP contribution is 2.70. The van der Waals surface area contributed by atoms with E-state index in [0.29, 0.717) is 56.3 Å². The Labute approximate surface area is 208 Å². The number of halogens is 3. The third-order valence-electron chi connectivity index (χ3n) is 7.93. The van der Waals surface area contributed by atoms with Crippen LogP contribution in [0.1, 0.15) is 36.8 Å². The summed E-state index contributed by atoms with van der Waals surface area (Å²) in [4.78, 5) is 31.3. The van der Waals surface area contributed by atoms with Crippen LogP contribution in [-0.4, -0.2) is 62.6 Å². The highest BCUT2D eigenvalue weighted by molar-refractivity contribution is 5.90. The van der Waals surface area contributed by atoms with E-state index < -0.39 is 34.6 Å². The zero-order valence-corrected chi connectivity index (χ0v) is 20.2. The number of hydrogen-bond acceptors (Lipinski definition) is 6. The van der Waals surface area contributed by atoms with Gasteiger partial charge in [0.15, 0.2) is 5.65 Å². The predicted octanol–water partition coefficient (Wildman–Crippen LogP) is 3.18. The minimum atomic E-state index is -4.64. The van der Waals surface area contributed by atoms with Gasteiger partial charge in [0.1, 0.15) is 11.8 Å². The molecule has 0 unspecified atom stereocenters. The van der Waals surface area contributed by atoms with Gasteiger partial charge in [0.2, 0.25) is 5.88 Å². The average Bonchev–Trinajstić information content (AvgIpc) is 3.44. The first-order valence-corrected chi connectivity index (χ1v) is 11.9. The molecular weight excluding hydrogens is 493 g/mol. The number of anilines is 1. The number of pyridine rings is 2. The number of H-pyrrole nitrogens is 1. The van der Waals surface area contributed by atoms with Crippen LogP contribution in [0.4, 0.5) is 23.7 Å². The average molecular weight is 518 g/mol. The van der Waals surface area contributed by atoms with Gasteiger partial charge in [-0.25, -0.2) is 9.78 Å². The molecule has 0 radical (unpaired) electrons. The number of aryl methyl sites for hydroxylation is 1. The van der Waals surface area contributed by atoms with Crippen LogP contribution < -0.4 is 15.6 Å². The number of rotatable bonds is 5. The van der Waals surface area contributed by atoms with Crippen molar-refractivity contribution in [3.8, 4) is 5.88 Å². The second-order valence-corrected chi connectivity index (χ2v) is 10.3. The molecule has 1 saturated heterocycles. The lowest BCUT2D eigenvalue weighted by molar-refractivity contribution is -0.140. The molecule has 3 aromatic rings. The lowest BCUT2D eigenvalue weighted by Crippen LogP contribution is -2.77. The van der Waals surface area contributed by atoms with Gasteiger partial charge in [-0.2, -0.15) is 13.2 Å². The maximum Gasteiger partial charge on any atom is 0.417 e. The highest BCUT2D eigenvalue weighted by Gasteiger charge is 2.71. The molecule has 7 rings (SSSR count). The van der Waals surface area contributed by atoms with E-state index in [1.165, 1.54) is 11.9 Å². The summed E-state index contributed by atoms with van der Waals surface area (Å²) in [6.07, 6.45) is 0.668. The van der Waals surface area contributed by atoms with Crippen LogP contribution in [-0.2, 0) is 23.4 Å². The molecule has 2 N–H and O–H groups in total. The van der Waals surface area contributed by atoms with Crippen LogP contribution in [0, 0.1) is 0 Å². The number of aromatic amines is 1. The number of carbonyl (C=O) groups excluding carboxylic acids is 1. The van der Waals surface area contributed by atoms with E-state index in [-0.39, 0.29) is 11.5 Å². The number of nitrogens with one attached hydrogen (secondary N) is 2. The minimum absolute atomic E-state index is 0.0470. The van der Waals surface area contributed by atoms with Gasteiger partial charge in [-0.15, -0.1) is 5.10 Å². The van der Waals surface area contributed by atoms with Crippen molar-refractivity contribution in [2.45, 2.75) is 48.9 Å². The summed E-state index contributed by atoms with van der Waals surface area (Å²) in [7, 11) is 2.81. The lowest BCUT2D eigenvalue weighted by atomic mass is 9.37. The van der Waals surface area contributed by atoms with Gasteiger partial charge < -0.3 is 24.3 Å². The summed E-state index contributed by atoms with van der Waals surface area (Å²) in [5.74, 6) is 0.486. The first kappa shape index (κ1) is 23.8. The number of ether oxygens (including phenoxy) is 2. The van der Waals surface area contributed by atoms with Crippen LogP contribution in [0.15, 0.2) is 29.3 Å². The molecule has 4 heterocycles. The molecule has 3 saturated carbocycles. The Kier molecular flexibility index (Phi) is 5.10. The fourth-order valence-electron chi connectivity index (χ4n) is 5.79. The first-order valence-electron chi connectivity index (χ1n) is 11.9. The van der Waals surface area contributed by atoms with Crippen LogP contribution in [0.25, 0.3) is 11.0 Å². The van der Waals surface area contributed by atoms with Crippen LogP contribution in [0.3, 0.4) is 0 Å². The molecule has 4 aliphatic rings. The van der Waals surface area contributed by atoms with Gasteiger partial charge in [-0.3, -0.25) is 9.89 Å². The number of alkyl halides is 3. The number of nitrogens with zero attached hydrogens (tertiary/aromatic N) is 4. The molecule has 4 fully saturated rings. The fourth-order valence-corrected chi connectivity index (χ4v) is 5.79. The van der Waals surface area contributed by atoms with Crippen molar-refractivity contribution in [3.63, 3.8) is 0 Å². The number of aromatic nitrogens is 4. The van der Waals surface area contributed by atoms with Crippen molar-refractivity contribution in [1.82, 2.24) is 24.6 Å². The SMILES string of the molecule is CN(C(=O)Nc1cc(C(F)(F)F)cn(C)c1=O)C12CC(c3cnc4[nH]nc(O[C@H]5CCOC5)c4c3)(C1)C2. The van der Waals surface area contributed by atoms with Gasteiger partial charge in [-0.1, -0.05) is 0 Å². The number of urea groups is 1. The Morgan fingerprint density at radius 3 is 2.76 bits per heavy atom. The molecule has 1 atom stereocenters. The van der Waals surface area contributed by atoms with E-state index >= 15 is 0 Å². The van der Waals surface area contributed by atoms with Gasteiger partial charge in [-0.05, 0) is 37.0 Å². The quantitative estimate of drug-likeness (QED) is 0.536. The molecule has 2 bridgehead atoms. The molecule has 196 valence electrons. The van der Waals surface area contributed by atoms with Crippen LogP contribution in [0.2, 0.25) is 0 Å². The summed E-state index contributed by atoms with van der Waals surface area (Å²) in [5.41, 5.74) is -1.07. The van der Waals surface area contributed by atoms with Gasteiger partial charge in [0.05, 0.1) is 24.2 Å². The topological polar surface area (TPSA) is 114 Å². The molecular formula is C24H25F3N6O4. The number of fused-ring (bicyclic) bond motifs is 1. The summed E-state index contributed by atoms with van der Waals surface area (Å²) >= 11 is 0. The monoisotopic (exact) mass is 518 g/mol. The Morgan fingerprint density at radius 2 is 2.08 bits per heavy atom. The van der Waals surface area contributed by atoms with E-state index in [1.807, 2.05) is 6.07 Å². The van der Waals surface area contributed by atoms with E-state index in [1.54, 1.807) is 13.2 Å². The zero-order chi connectivity index (χ0) is 26.2. The Morgan fingerprint density at radius 1 is 1.32 bits per heavy atom. The standard InChI is InChI=1S/C24H25F3N6O4/c1-32-8-14(24(25,26)27)6-17(20(32)34)29-21(35)33(2)23-10-22(11-23,12-23)13-5-16-18(28-7-13)30-31-19(16)37-15-3-4-36-9-15/h5-8,15H,3-4,9-12H2,1-2H3,(H,29,35)(H,28,30,31)/t15-,22?,23?/m0/s1. The van der Waals surface area contributed by atoms with Crippen molar-refractivity contribution in [3.05, 3.63) is 46.0 Å². The molecule has 13 heteroatoms. The van der Waals surface area contributed by atoms with Gasteiger partial charge >= 0.3 is 12.2 Å². The van der Waals surface area contributed by atoms with Gasteiger partial charge in [0.25, 0.3) is 5.56 Å². The van der Waals surface area contributed by atoms with Crippen molar-refractivity contribution < 1.29 is 27.4 Å². The maximum atomic E-state index is 13.2. The molecule has 2 amide bonds. The largest absolute Gasteiger partial charge is 0.470 e. The van der Waals surface area contributed by atoms with Crippen molar-refractivity contribution in [1.29, 1.82) is 0 Å². The normalized spacial score (nSPS) is 26.5. The summed E-state index contributed by atoms with van der Waals surface area (Å²) < 4.78 is 51.7. The predicted molar refractivity (Wildman–Crippen MR) is 125 cm³/mol. The van der Waals surface area contributed by atoms with E-state index in [9.17, 15) is 22.8 Å². The third kappa shape index (κ3) is 3.74. The summed E-state index contributed by atoms with van der Waals surface area (Å²) in [6, 6.07) is 2.07. The molecule has 1 aliphatic heterocycles. The van der Waals surface area contributed by atoms with Crippen molar-refractivity contribution >= 4 is 22.8 Å². The molecule has 0 spiro atoms.